The van der Waals surface area contributed by atoms with Crippen molar-refractivity contribution in [2.45, 2.75) is 39.8 Å². The van der Waals surface area contributed by atoms with Crippen molar-refractivity contribution in [1.82, 2.24) is 15.1 Å². The molecule has 0 saturated carbocycles. The first kappa shape index (κ1) is 11.8. The Bertz CT molecular complexity index is 384. The first-order valence-corrected chi connectivity index (χ1v) is 5.19. The maximum atomic E-state index is 5.35. The van der Waals surface area contributed by atoms with Crippen molar-refractivity contribution in [3.8, 4) is 12.3 Å². The summed E-state index contributed by atoms with van der Waals surface area (Å²) in [6.45, 7) is 8.21. The normalized spacial score (nSPS) is 14.7. The number of nitrogens with zero attached hydrogens (tertiary/aromatic N) is 2. The zero-order valence-electron chi connectivity index (χ0n) is 10.1. The number of hydrogen-bond donors (Lipinski definition) is 1. The van der Waals surface area contributed by atoms with E-state index in [-0.39, 0.29) is 12.1 Å². The molecule has 1 aromatic rings. The molecule has 0 aliphatic heterocycles. The zero-order chi connectivity index (χ0) is 11.6. The lowest BCUT2D eigenvalue weighted by atomic mass is 10.1. The van der Waals surface area contributed by atoms with Crippen LogP contribution in [0.4, 0.5) is 0 Å². The number of hydrogen-bond acceptors (Lipinski definition) is 2. The molecule has 1 aromatic heterocycles. The molecule has 0 aliphatic carbocycles. The molecule has 0 aliphatic rings. The third kappa shape index (κ3) is 2.40. The molecule has 0 amide bonds. The second kappa shape index (κ2) is 4.50. The summed E-state index contributed by atoms with van der Waals surface area (Å²) in [7, 11) is 1.96. The van der Waals surface area contributed by atoms with Crippen LogP contribution >= 0.6 is 0 Å². The fourth-order valence-electron chi connectivity index (χ4n) is 1.92. The fraction of sp³-hybridized carbons (Fsp3) is 0.583. The number of terminal acetylenes is 1. The number of aryl methyl sites for hydroxylation is 2. The van der Waals surface area contributed by atoms with Crippen LogP contribution in [0.25, 0.3) is 0 Å². The minimum absolute atomic E-state index is 0.0824. The minimum atomic E-state index is 0.0824. The van der Waals surface area contributed by atoms with Crippen LogP contribution in [0.2, 0.25) is 0 Å². The Labute approximate surface area is 91.9 Å². The summed E-state index contributed by atoms with van der Waals surface area (Å²) in [5, 5.41) is 7.74. The van der Waals surface area contributed by atoms with Gasteiger partial charge in [0, 0.05) is 24.3 Å². The van der Waals surface area contributed by atoms with Crippen LogP contribution in [0, 0.1) is 26.2 Å². The average Bonchev–Trinajstić information content (AvgIpc) is 2.41. The lowest BCUT2D eigenvalue weighted by molar-refractivity contribution is 0.541. The van der Waals surface area contributed by atoms with Crippen molar-refractivity contribution in [2.75, 3.05) is 0 Å². The average molecular weight is 205 g/mol. The van der Waals surface area contributed by atoms with Crippen LogP contribution in [-0.4, -0.2) is 15.8 Å². The zero-order valence-corrected chi connectivity index (χ0v) is 10.1. The highest BCUT2D eigenvalue weighted by molar-refractivity contribution is 5.28. The monoisotopic (exact) mass is 205 g/mol. The van der Waals surface area contributed by atoms with Gasteiger partial charge in [-0.15, -0.1) is 6.42 Å². The summed E-state index contributed by atoms with van der Waals surface area (Å²) in [5.41, 5.74) is 3.51. The molecule has 15 heavy (non-hydrogen) atoms. The first-order chi connectivity index (χ1) is 6.97. The van der Waals surface area contributed by atoms with E-state index in [1.807, 2.05) is 25.6 Å². The largest absolute Gasteiger partial charge is 0.297 e. The van der Waals surface area contributed by atoms with Crippen LogP contribution in [0.3, 0.4) is 0 Å². The molecule has 0 bridgehead atoms. The lowest BCUT2D eigenvalue weighted by Crippen LogP contribution is -2.28. The maximum Gasteiger partial charge on any atom is 0.0663 e. The molecule has 3 nitrogen and oxygen atoms in total. The molecule has 0 saturated heterocycles. The van der Waals surface area contributed by atoms with Gasteiger partial charge in [-0.25, -0.2) is 0 Å². The summed E-state index contributed by atoms with van der Waals surface area (Å²) >= 11 is 0. The SMILES string of the molecule is C#CC(C)NC(C)c1c(C)nn(C)c1C. The minimum Gasteiger partial charge on any atom is -0.297 e. The van der Waals surface area contributed by atoms with Crippen LogP contribution in [0.1, 0.15) is 36.8 Å². The van der Waals surface area contributed by atoms with E-state index in [4.69, 9.17) is 6.42 Å². The Balaban J connectivity index is 2.92. The van der Waals surface area contributed by atoms with Crippen molar-refractivity contribution in [3.63, 3.8) is 0 Å². The molecule has 3 heteroatoms. The van der Waals surface area contributed by atoms with Gasteiger partial charge in [-0.3, -0.25) is 10.00 Å². The summed E-state index contributed by atoms with van der Waals surface area (Å²) in [6.07, 6.45) is 5.35. The van der Waals surface area contributed by atoms with Gasteiger partial charge < -0.3 is 0 Å². The van der Waals surface area contributed by atoms with Crippen molar-refractivity contribution >= 4 is 0 Å². The molecule has 0 aromatic carbocycles. The summed E-state index contributed by atoms with van der Waals surface area (Å²) in [4.78, 5) is 0. The van der Waals surface area contributed by atoms with Crippen LogP contribution in [0.5, 0.6) is 0 Å². The Kier molecular flexibility index (Phi) is 3.54. The Hall–Kier alpha value is -1.27. The molecule has 0 fully saturated rings. The molecule has 2 unspecified atom stereocenters. The number of rotatable bonds is 3. The predicted octanol–water partition coefficient (Wildman–Crippen LogP) is 1.71. The number of aromatic nitrogens is 2. The van der Waals surface area contributed by atoms with Crippen molar-refractivity contribution in [1.29, 1.82) is 0 Å². The van der Waals surface area contributed by atoms with E-state index >= 15 is 0 Å². The van der Waals surface area contributed by atoms with Gasteiger partial charge in [0.1, 0.15) is 0 Å². The summed E-state index contributed by atoms with van der Waals surface area (Å²) in [6, 6.07) is 0.323. The van der Waals surface area contributed by atoms with Crippen molar-refractivity contribution in [2.24, 2.45) is 7.05 Å². The van der Waals surface area contributed by atoms with Gasteiger partial charge in [-0.05, 0) is 27.7 Å². The van der Waals surface area contributed by atoms with Crippen molar-refractivity contribution in [3.05, 3.63) is 17.0 Å². The van der Waals surface area contributed by atoms with Gasteiger partial charge in [0.25, 0.3) is 0 Å². The van der Waals surface area contributed by atoms with Gasteiger partial charge in [0.15, 0.2) is 0 Å². The quantitative estimate of drug-likeness (QED) is 0.761. The second-order valence-corrected chi connectivity index (χ2v) is 3.98. The second-order valence-electron chi connectivity index (χ2n) is 3.98. The standard InChI is InChI=1S/C12H19N3/c1-7-8(2)13-9(3)12-10(4)14-15(6)11(12)5/h1,8-9,13H,2-6H3. The molecular weight excluding hydrogens is 186 g/mol. The fourth-order valence-corrected chi connectivity index (χ4v) is 1.92. The first-order valence-electron chi connectivity index (χ1n) is 5.19. The summed E-state index contributed by atoms with van der Waals surface area (Å²) in [5.74, 6) is 2.67. The highest BCUT2D eigenvalue weighted by Gasteiger charge is 2.16. The van der Waals surface area contributed by atoms with Gasteiger partial charge in [-0.2, -0.15) is 5.10 Å². The highest BCUT2D eigenvalue weighted by atomic mass is 15.3. The molecular formula is C12H19N3. The predicted molar refractivity (Wildman–Crippen MR) is 62.5 cm³/mol. The molecule has 1 N–H and O–H groups in total. The van der Waals surface area contributed by atoms with E-state index in [1.165, 1.54) is 11.3 Å². The third-order valence-electron chi connectivity index (χ3n) is 2.75. The molecule has 0 spiro atoms. The van der Waals surface area contributed by atoms with E-state index in [1.54, 1.807) is 0 Å². The van der Waals surface area contributed by atoms with Crippen molar-refractivity contribution < 1.29 is 0 Å². The lowest BCUT2D eigenvalue weighted by Gasteiger charge is -2.16. The molecule has 0 radical (unpaired) electrons. The van der Waals surface area contributed by atoms with Gasteiger partial charge in [-0.1, -0.05) is 5.92 Å². The van der Waals surface area contributed by atoms with E-state index < -0.39 is 0 Å². The highest BCUT2D eigenvalue weighted by Crippen LogP contribution is 2.20. The molecule has 82 valence electrons. The van der Waals surface area contributed by atoms with Gasteiger partial charge in [0.2, 0.25) is 0 Å². The van der Waals surface area contributed by atoms with E-state index in [9.17, 15) is 0 Å². The molecule has 1 heterocycles. The Morgan fingerprint density at radius 2 is 2.00 bits per heavy atom. The van der Waals surface area contributed by atoms with Gasteiger partial charge in [0.05, 0.1) is 11.7 Å². The maximum absolute atomic E-state index is 5.35. The molecule has 1 rings (SSSR count). The van der Waals surface area contributed by atoms with E-state index in [2.05, 4.69) is 30.2 Å². The Morgan fingerprint density at radius 3 is 2.40 bits per heavy atom. The number of nitrogens with one attached hydrogen (secondary N) is 1. The topological polar surface area (TPSA) is 29.9 Å². The van der Waals surface area contributed by atoms with Crippen LogP contribution in [0.15, 0.2) is 0 Å². The summed E-state index contributed by atoms with van der Waals surface area (Å²) < 4.78 is 1.91. The Morgan fingerprint density at radius 1 is 1.40 bits per heavy atom. The van der Waals surface area contributed by atoms with Gasteiger partial charge >= 0.3 is 0 Å². The smallest absolute Gasteiger partial charge is 0.0663 e. The third-order valence-corrected chi connectivity index (χ3v) is 2.75. The molecule has 2 atom stereocenters. The van der Waals surface area contributed by atoms with E-state index in [0.29, 0.717) is 0 Å². The van der Waals surface area contributed by atoms with Crippen LogP contribution < -0.4 is 5.32 Å². The van der Waals surface area contributed by atoms with E-state index in [0.717, 1.165) is 5.69 Å². The van der Waals surface area contributed by atoms with Crippen LogP contribution in [-0.2, 0) is 7.05 Å².